The Labute approximate surface area is 192 Å². The lowest BCUT2D eigenvalue weighted by molar-refractivity contribution is 0.104. The number of fused-ring (bicyclic) bond motifs is 3. The van der Waals surface area contributed by atoms with Crippen molar-refractivity contribution < 1.29 is 4.79 Å². The average Bonchev–Trinajstić information content (AvgIpc) is 3.40. The van der Waals surface area contributed by atoms with Crippen molar-refractivity contribution in [3.8, 4) is 39.3 Å². The van der Waals surface area contributed by atoms with Crippen LogP contribution in [-0.4, -0.2) is 20.8 Å². The Morgan fingerprint density at radius 1 is 0.576 bits per heavy atom. The van der Waals surface area contributed by atoms with Crippen molar-refractivity contribution in [2.45, 2.75) is 13.8 Å². The second kappa shape index (κ2) is 7.38. The van der Waals surface area contributed by atoms with E-state index in [2.05, 4.69) is 50.2 Å². The highest BCUT2D eigenvalue weighted by atomic mass is 16.1. The molecule has 0 radical (unpaired) electrons. The van der Waals surface area contributed by atoms with Crippen molar-refractivity contribution >= 4 is 5.78 Å². The number of carbonyl (C=O) groups is 1. The van der Waals surface area contributed by atoms with Gasteiger partial charge in [0.25, 0.3) is 0 Å². The molecule has 0 N–H and O–H groups in total. The van der Waals surface area contributed by atoms with Gasteiger partial charge in [0.05, 0.1) is 5.69 Å². The fourth-order valence-electron chi connectivity index (χ4n) is 4.38. The molecule has 0 atom stereocenters. The molecule has 6 rings (SSSR count). The molecule has 5 aromatic rings. The maximum Gasteiger partial charge on any atom is 0.194 e. The zero-order valence-corrected chi connectivity index (χ0v) is 18.4. The van der Waals surface area contributed by atoms with Gasteiger partial charge in [0.15, 0.2) is 5.78 Å². The molecule has 0 aliphatic heterocycles. The van der Waals surface area contributed by atoms with Gasteiger partial charge >= 0.3 is 0 Å². The van der Waals surface area contributed by atoms with Gasteiger partial charge in [-0.1, -0.05) is 83.9 Å². The lowest BCUT2D eigenvalue weighted by Gasteiger charge is -2.05. The number of aromatic nitrogens is 3. The van der Waals surface area contributed by atoms with Crippen molar-refractivity contribution in [3.05, 3.63) is 113 Å². The molecule has 0 amide bonds. The second-order valence-electron chi connectivity index (χ2n) is 8.52. The van der Waals surface area contributed by atoms with Gasteiger partial charge < -0.3 is 0 Å². The predicted octanol–water partition coefficient (Wildman–Crippen LogP) is 6.43. The minimum atomic E-state index is 0.0604. The highest BCUT2D eigenvalue weighted by Crippen LogP contribution is 2.39. The Hall–Kier alpha value is -4.31. The Bertz CT molecular complexity index is 1530. The number of benzene rings is 4. The van der Waals surface area contributed by atoms with E-state index in [9.17, 15) is 4.79 Å². The van der Waals surface area contributed by atoms with Gasteiger partial charge in [0.1, 0.15) is 11.4 Å². The number of nitrogens with zero attached hydrogens (tertiary/aromatic N) is 3. The van der Waals surface area contributed by atoms with Crippen LogP contribution >= 0.6 is 0 Å². The van der Waals surface area contributed by atoms with Crippen molar-refractivity contribution in [2.24, 2.45) is 0 Å². The van der Waals surface area contributed by atoms with Crippen molar-refractivity contribution in [1.29, 1.82) is 0 Å². The molecule has 0 fully saturated rings. The molecule has 4 nitrogen and oxygen atoms in total. The number of ketones is 1. The molecule has 1 aliphatic carbocycles. The van der Waals surface area contributed by atoms with Crippen LogP contribution in [0.15, 0.2) is 91.0 Å². The normalized spacial score (nSPS) is 12.0. The van der Waals surface area contributed by atoms with E-state index in [1.165, 1.54) is 11.1 Å². The van der Waals surface area contributed by atoms with Gasteiger partial charge in [0, 0.05) is 22.3 Å². The first-order valence-corrected chi connectivity index (χ1v) is 11.0. The lowest BCUT2D eigenvalue weighted by Crippen LogP contribution is -1.99. The Morgan fingerprint density at radius 2 is 1.12 bits per heavy atom. The molecule has 1 aromatic heterocycles. The summed E-state index contributed by atoms with van der Waals surface area (Å²) in [6.07, 6.45) is 0. The van der Waals surface area contributed by atoms with E-state index in [1.54, 1.807) is 4.80 Å². The summed E-state index contributed by atoms with van der Waals surface area (Å²) in [5, 5.41) is 9.73. The minimum Gasteiger partial charge on any atom is -0.289 e. The van der Waals surface area contributed by atoms with Gasteiger partial charge in [-0.2, -0.15) is 4.80 Å². The topological polar surface area (TPSA) is 47.8 Å². The average molecular weight is 428 g/mol. The molecule has 1 aliphatic rings. The molecule has 33 heavy (non-hydrogen) atoms. The van der Waals surface area contributed by atoms with Crippen LogP contribution in [-0.2, 0) is 0 Å². The summed E-state index contributed by atoms with van der Waals surface area (Å²) in [5.74, 6) is 0.0604. The molecule has 0 saturated heterocycles. The fourth-order valence-corrected chi connectivity index (χ4v) is 4.38. The molecular formula is C29H21N3O. The van der Waals surface area contributed by atoms with Crippen LogP contribution < -0.4 is 0 Å². The number of aryl methyl sites for hydroxylation is 2. The molecule has 0 unspecified atom stereocenters. The van der Waals surface area contributed by atoms with E-state index >= 15 is 0 Å². The van der Waals surface area contributed by atoms with Crippen LogP contribution in [0.1, 0.15) is 27.0 Å². The van der Waals surface area contributed by atoms with Crippen molar-refractivity contribution in [3.63, 3.8) is 0 Å². The van der Waals surface area contributed by atoms with E-state index in [0.717, 1.165) is 44.9 Å². The lowest BCUT2D eigenvalue weighted by atomic mass is 9.99. The number of hydrogen-bond acceptors (Lipinski definition) is 3. The highest BCUT2D eigenvalue weighted by Gasteiger charge is 2.27. The zero-order valence-electron chi connectivity index (χ0n) is 18.4. The van der Waals surface area contributed by atoms with E-state index in [1.807, 2.05) is 54.6 Å². The minimum absolute atomic E-state index is 0.0604. The molecule has 4 aromatic carbocycles. The number of rotatable bonds is 3. The van der Waals surface area contributed by atoms with Crippen LogP contribution in [0.2, 0.25) is 0 Å². The third-order valence-electron chi connectivity index (χ3n) is 6.20. The van der Waals surface area contributed by atoms with Crippen molar-refractivity contribution in [2.75, 3.05) is 0 Å². The van der Waals surface area contributed by atoms with E-state index in [0.29, 0.717) is 5.56 Å². The summed E-state index contributed by atoms with van der Waals surface area (Å²) in [4.78, 5) is 14.8. The van der Waals surface area contributed by atoms with Gasteiger partial charge in [-0.25, -0.2) is 0 Å². The monoisotopic (exact) mass is 427 g/mol. The first-order valence-electron chi connectivity index (χ1n) is 11.0. The zero-order chi connectivity index (χ0) is 22.5. The standard InChI is InChI=1S/C29H21N3O/c1-18-7-11-20(12-8-18)27-28(31-32(30-27)22-14-9-19(2)10-15-22)21-13-16-24-23-5-3-4-6-25(23)29(33)26(24)17-21/h3-17H,1-2H3. The van der Waals surface area contributed by atoms with E-state index in [-0.39, 0.29) is 5.78 Å². The molecule has 0 bridgehead atoms. The van der Waals surface area contributed by atoms with Gasteiger partial charge in [-0.3, -0.25) is 4.79 Å². The molecule has 0 saturated carbocycles. The quantitative estimate of drug-likeness (QED) is 0.327. The second-order valence-corrected chi connectivity index (χ2v) is 8.52. The third-order valence-corrected chi connectivity index (χ3v) is 6.20. The number of carbonyl (C=O) groups excluding carboxylic acids is 1. The van der Waals surface area contributed by atoms with Gasteiger partial charge in [-0.05, 0) is 43.2 Å². The number of hydrogen-bond donors (Lipinski definition) is 0. The summed E-state index contributed by atoms with van der Waals surface area (Å²) in [6.45, 7) is 4.13. The van der Waals surface area contributed by atoms with Crippen molar-refractivity contribution in [1.82, 2.24) is 15.0 Å². The Kier molecular flexibility index (Phi) is 4.34. The van der Waals surface area contributed by atoms with Gasteiger partial charge in [0.2, 0.25) is 0 Å². The first kappa shape index (κ1) is 19.4. The van der Waals surface area contributed by atoms with E-state index in [4.69, 9.17) is 10.2 Å². The molecule has 0 spiro atoms. The molecule has 158 valence electrons. The Morgan fingerprint density at radius 3 is 1.82 bits per heavy atom. The van der Waals surface area contributed by atoms with Crippen LogP contribution in [0.4, 0.5) is 0 Å². The first-order chi connectivity index (χ1) is 16.1. The summed E-state index contributed by atoms with van der Waals surface area (Å²) >= 11 is 0. The van der Waals surface area contributed by atoms with Gasteiger partial charge in [-0.15, -0.1) is 10.2 Å². The van der Waals surface area contributed by atoms with E-state index < -0.39 is 0 Å². The smallest absolute Gasteiger partial charge is 0.194 e. The van der Waals surface area contributed by atoms with Crippen LogP contribution in [0, 0.1) is 13.8 Å². The predicted molar refractivity (Wildman–Crippen MR) is 131 cm³/mol. The maximum atomic E-state index is 13.1. The highest BCUT2D eigenvalue weighted by molar-refractivity contribution is 6.22. The van der Waals surface area contributed by atoms with Crippen LogP contribution in [0.25, 0.3) is 39.3 Å². The Balaban J connectivity index is 1.53. The largest absolute Gasteiger partial charge is 0.289 e. The van der Waals surface area contributed by atoms with Crippen LogP contribution in [0.5, 0.6) is 0 Å². The summed E-state index contributed by atoms with van der Waals surface area (Å²) < 4.78 is 0. The summed E-state index contributed by atoms with van der Waals surface area (Å²) in [7, 11) is 0. The third kappa shape index (κ3) is 3.19. The SMILES string of the molecule is Cc1ccc(-c2nn(-c3ccc(C)cc3)nc2-c2ccc3c(c2)C(=O)c2ccccc2-3)cc1. The molecular weight excluding hydrogens is 406 g/mol. The van der Waals surface area contributed by atoms with Crippen LogP contribution in [0.3, 0.4) is 0 Å². The fraction of sp³-hybridized carbons (Fsp3) is 0.0690. The maximum absolute atomic E-state index is 13.1. The molecule has 1 heterocycles. The summed E-state index contributed by atoms with van der Waals surface area (Å²) in [5.41, 5.74) is 10.1. The molecule has 4 heteroatoms. The summed E-state index contributed by atoms with van der Waals surface area (Å²) in [6, 6.07) is 30.2.